The smallest absolute Gasteiger partial charge is 0.203 e. The van der Waals surface area contributed by atoms with Gasteiger partial charge in [-0.05, 0) is 56.6 Å². The number of nitrogens with zero attached hydrogens (tertiary/aromatic N) is 2. The fourth-order valence-electron chi connectivity index (χ4n) is 12.7. The number of rotatable bonds is 35. The maximum atomic E-state index is 16.9. The number of fused-ring (bicyclic) bond motifs is 4. The first-order valence-electron chi connectivity index (χ1n) is 32.2. The van der Waals surface area contributed by atoms with Crippen molar-refractivity contribution in [3.05, 3.63) is 105 Å². The molecule has 0 saturated heterocycles. The number of benzene rings is 4. The number of aromatic nitrogens is 2. The molecule has 2 unspecified atom stereocenters. The number of thiophene rings is 4. The number of amides is 2. The van der Waals surface area contributed by atoms with E-state index in [1.54, 1.807) is 57.5 Å². The molecule has 0 bridgehead atoms. The van der Waals surface area contributed by atoms with Gasteiger partial charge in [-0.15, -0.1) is 0 Å². The molecule has 7 nitrogen and oxygen atoms in total. The second kappa shape index (κ2) is 30.9. The van der Waals surface area contributed by atoms with Crippen LogP contribution in [0.15, 0.2) is 72.8 Å². The van der Waals surface area contributed by atoms with Crippen LogP contribution in [0.3, 0.4) is 0 Å². The van der Waals surface area contributed by atoms with Crippen molar-refractivity contribution in [2.24, 2.45) is 11.8 Å². The Morgan fingerprint density at radius 3 is 1.35 bits per heavy atom. The fourth-order valence-corrected chi connectivity index (χ4v) is 18.2. The number of unbranched alkanes of at least 4 members (excludes halogenated alkanes) is 16. The van der Waals surface area contributed by atoms with Gasteiger partial charge >= 0.3 is 263 Å². The molecule has 9 aromatic rings. The molecule has 6 heterocycles. The van der Waals surface area contributed by atoms with Crippen LogP contribution in [0, 0.1) is 37.3 Å². The second-order valence-corrected chi connectivity index (χ2v) is 29.8. The Kier molecular flexibility index (Phi) is 23.0. The van der Waals surface area contributed by atoms with Gasteiger partial charge in [0.15, 0.2) is 23.1 Å². The number of ether oxygens (including phenoxy) is 2. The van der Waals surface area contributed by atoms with Crippen molar-refractivity contribution in [2.45, 2.75) is 196 Å². The minimum Gasteiger partial charge on any atom is -0.203 e. The van der Waals surface area contributed by atoms with Crippen LogP contribution < -0.4 is 14.8 Å². The zero-order valence-corrected chi connectivity index (χ0v) is 56.3. The zero-order valence-electron chi connectivity index (χ0n) is 51.3. The van der Waals surface area contributed by atoms with E-state index < -0.39 is 38.4 Å². The average Bonchev–Trinajstić information content (AvgIpc) is 1.89. The summed E-state index contributed by atoms with van der Waals surface area (Å²) in [5.74, 6) is -0.353. The van der Waals surface area contributed by atoms with Crippen molar-refractivity contribution in [2.75, 3.05) is 13.2 Å². The Hall–Kier alpha value is -5.08. The summed E-state index contributed by atoms with van der Waals surface area (Å²) < 4.78 is 58.4. The molecule has 2 amide bonds. The first-order chi connectivity index (χ1) is 42.0. The van der Waals surface area contributed by atoms with Crippen LogP contribution in [0.25, 0.3) is 84.1 Å². The molecule has 4 aromatic carbocycles. The Morgan fingerprint density at radius 1 is 0.442 bits per heavy atom. The summed E-state index contributed by atoms with van der Waals surface area (Å²) in [6.45, 7) is 14.1. The van der Waals surface area contributed by atoms with E-state index >= 15 is 8.78 Å². The van der Waals surface area contributed by atoms with E-state index in [9.17, 15) is 9.59 Å². The molecule has 14 heteroatoms. The van der Waals surface area contributed by atoms with E-state index in [1.807, 2.05) is 49.4 Å². The molecule has 0 fully saturated rings. The summed E-state index contributed by atoms with van der Waals surface area (Å²) in [7, 11) is 0. The van der Waals surface area contributed by atoms with Crippen LogP contribution in [-0.4, -0.2) is 47.9 Å². The SMILES string of the molecule is CCCCCCCCC(CCCCCC)COc1ccc(-c2c3cc(-c4ccc(-c5c6c(c(-c7ccc(C)s7)c7n[se]nc57)C(=O)NC6=O)s4)sc3c(-c3ccc(OCC(CCCCCC)CCCCCCCC)c(F)c3)c3cc(C)sc23)cc1F. The van der Waals surface area contributed by atoms with Crippen LogP contribution in [0.4, 0.5) is 8.78 Å². The Balaban J connectivity index is 1.02. The van der Waals surface area contributed by atoms with Gasteiger partial charge in [-0.1, -0.05) is 156 Å². The summed E-state index contributed by atoms with van der Waals surface area (Å²) in [4.78, 5) is 33.5. The predicted octanol–water partition coefficient (Wildman–Crippen LogP) is 22.8. The van der Waals surface area contributed by atoms with Gasteiger partial charge in [0.25, 0.3) is 0 Å². The number of imide groups is 1. The Labute approximate surface area is 531 Å². The monoisotopic (exact) mass is 1300 g/mol. The van der Waals surface area contributed by atoms with Gasteiger partial charge in [0.1, 0.15) is 0 Å². The van der Waals surface area contributed by atoms with Crippen LogP contribution >= 0.6 is 45.3 Å². The molecule has 0 saturated carbocycles. The molecule has 0 spiro atoms. The van der Waals surface area contributed by atoms with Crippen molar-refractivity contribution in [1.29, 1.82) is 0 Å². The predicted molar refractivity (Wildman–Crippen MR) is 363 cm³/mol. The number of hydrogen-bond acceptors (Lipinski definition) is 10. The van der Waals surface area contributed by atoms with Gasteiger partial charge in [-0.3, -0.25) is 0 Å². The van der Waals surface area contributed by atoms with Gasteiger partial charge < -0.3 is 9.47 Å². The second-order valence-electron chi connectivity index (χ2n) is 24.0. The first kappa shape index (κ1) is 63.9. The fraction of sp³-hybridized carbons (Fsp3) is 0.472. The molecule has 10 rings (SSSR count). The minimum absolute atomic E-state index is 0.273. The molecule has 0 aliphatic carbocycles. The van der Waals surface area contributed by atoms with Crippen LogP contribution in [0.5, 0.6) is 11.5 Å². The van der Waals surface area contributed by atoms with Crippen molar-refractivity contribution in [1.82, 2.24) is 13.3 Å². The third kappa shape index (κ3) is 15.0. The standard InChI is InChI=1S/C72H85F2N3O4S4Se/c1-7-11-15-19-21-25-29-47(27-23-17-13-9-3)43-80-55-34-32-49(40-53(55)73)61-51-39-46(6)83-69(51)62(50-33-35-56(54(74)41-50)81-44-48(28-24-18-14-10-4)30-26-22-20-16-12-8-2)52-42-60(85-70(52)61)57-37-38-59(84-57)64-66-65(71(78)75-72(66)79)63(58-36-31-45(5)82-58)67-68(64)77-86-76-67/h31-42,47-48H,7-30,43-44H2,1-6H3,(H,75,78,79). The van der Waals surface area contributed by atoms with Gasteiger partial charge in [0, 0.05) is 4.88 Å². The third-order valence-corrected chi connectivity index (χ3v) is 23.0. The van der Waals surface area contributed by atoms with E-state index in [1.165, 1.54) is 116 Å². The summed E-state index contributed by atoms with van der Waals surface area (Å²) in [5.41, 5.74) is 6.60. The summed E-state index contributed by atoms with van der Waals surface area (Å²) in [5, 5.41) is 4.52. The zero-order chi connectivity index (χ0) is 60.1. The van der Waals surface area contributed by atoms with Crippen LogP contribution in [-0.2, 0) is 0 Å². The van der Waals surface area contributed by atoms with Crippen molar-refractivity contribution in [3.8, 4) is 64.4 Å². The molecule has 456 valence electrons. The van der Waals surface area contributed by atoms with Crippen LogP contribution in [0.2, 0.25) is 0 Å². The van der Waals surface area contributed by atoms with Crippen molar-refractivity contribution >= 4 is 103 Å². The van der Waals surface area contributed by atoms with Crippen LogP contribution in [0.1, 0.15) is 212 Å². The third-order valence-electron chi connectivity index (χ3n) is 17.3. The van der Waals surface area contributed by atoms with E-state index in [0.717, 1.165) is 110 Å². The summed E-state index contributed by atoms with van der Waals surface area (Å²) >= 11 is 5.96. The summed E-state index contributed by atoms with van der Waals surface area (Å²) in [6.07, 6.45) is 28.9. The number of carbonyl (C=O) groups is 2. The molecule has 5 aromatic heterocycles. The van der Waals surface area contributed by atoms with Crippen molar-refractivity contribution in [3.63, 3.8) is 0 Å². The molecular formula is C72H85F2N3O4S4Se. The minimum atomic E-state index is -0.447. The number of hydrogen-bond donors (Lipinski definition) is 1. The molecule has 1 aliphatic heterocycles. The number of carbonyl (C=O) groups excluding carboxylic acids is 2. The van der Waals surface area contributed by atoms with Crippen molar-refractivity contribution < 1.29 is 27.8 Å². The topological polar surface area (TPSA) is 90.4 Å². The molecular weight excluding hydrogens is 1220 g/mol. The van der Waals surface area contributed by atoms with E-state index in [-0.39, 0.29) is 11.5 Å². The number of nitrogens with one attached hydrogen (secondary N) is 1. The molecule has 1 N–H and O–H groups in total. The molecule has 0 radical (unpaired) electrons. The van der Waals surface area contributed by atoms with Gasteiger partial charge in [0.05, 0.1) is 13.2 Å². The number of halogens is 2. The first-order valence-corrected chi connectivity index (χ1v) is 37.0. The molecule has 1 aliphatic rings. The Bertz CT molecular complexity index is 3620. The van der Waals surface area contributed by atoms with E-state index in [0.29, 0.717) is 58.3 Å². The van der Waals surface area contributed by atoms with Gasteiger partial charge in [-0.25, -0.2) is 8.78 Å². The van der Waals surface area contributed by atoms with E-state index in [2.05, 4.69) is 58.1 Å². The Morgan fingerprint density at radius 2 is 0.872 bits per heavy atom. The molecule has 2 atom stereocenters. The average molecular weight is 1300 g/mol. The van der Waals surface area contributed by atoms with Gasteiger partial charge in [-0.2, -0.15) is 0 Å². The number of aryl methyl sites for hydroxylation is 2. The normalized spacial score (nSPS) is 13.2. The van der Waals surface area contributed by atoms with E-state index in [4.69, 9.17) is 17.4 Å². The summed E-state index contributed by atoms with van der Waals surface area (Å²) in [6, 6.07) is 23.4. The quantitative estimate of drug-likeness (QED) is 0.0242. The van der Waals surface area contributed by atoms with Gasteiger partial charge in [0.2, 0.25) is 0 Å². The maximum absolute atomic E-state index is 16.9. The molecule has 86 heavy (non-hydrogen) atoms.